The van der Waals surface area contributed by atoms with Gasteiger partial charge in [-0.1, -0.05) is 34.1 Å². The van der Waals surface area contributed by atoms with Crippen molar-refractivity contribution in [3.63, 3.8) is 0 Å². The first-order valence-electron chi connectivity index (χ1n) is 10.7. The molecule has 0 saturated heterocycles. The summed E-state index contributed by atoms with van der Waals surface area (Å²) in [5, 5.41) is 15.9. The minimum absolute atomic E-state index is 0.00519. The van der Waals surface area contributed by atoms with Gasteiger partial charge < -0.3 is 9.15 Å². The number of carbonyl (C=O) groups excluding carboxylic acids is 1. The molecule has 0 aliphatic heterocycles. The Morgan fingerprint density at radius 3 is 2.78 bits per heavy atom. The van der Waals surface area contributed by atoms with Crippen LogP contribution in [0, 0.1) is 10.1 Å². The number of rotatable bonds is 9. The second-order valence-electron chi connectivity index (χ2n) is 7.69. The molecule has 0 atom stereocenters. The molecule has 0 radical (unpaired) electrons. The molecular formula is C26H19Br2N3O5. The second-order valence-corrected chi connectivity index (χ2v) is 9.46. The number of hydrogen-bond acceptors (Lipinski definition) is 6. The first-order valence-corrected chi connectivity index (χ1v) is 12.2. The zero-order valence-corrected chi connectivity index (χ0v) is 21.9. The van der Waals surface area contributed by atoms with Crippen LogP contribution in [0.3, 0.4) is 0 Å². The van der Waals surface area contributed by atoms with Crippen LogP contribution in [0.15, 0.2) is 91.8 Å². The molecule has 0 saturated carbocycles. The molecule has 1 heterocycles. The van der Waals surface area contributed by atoms with Crippen molar-refractivity contribution in [3.05, 3.63) is 115 Å². The largest absolute Gasteiger partial charge is 0.487 e. The summed E-state index contributed by atoms with van der Waals surface area (Å²) in [6.07, 6.45) is 3.77. The summed E-state index contributed by atoms with van der Waals surface area (Å²) >= 11 is 6.92. The summed E-state index contributed by atoms with van der Waals surface area (Å²) in [4.78, 5) is 23.0. The summed E-state index contributed by atoms with van der Waals surface area (Å²) in [7, 11) is 0. The summed E-state index contributed by atoms with van der Waals surface area (Å²) < 4.78 is 13.1. The molecule has 10 heteroatoms. The zero-order chi connectivity index (χ0) is 25.7. The van der Waals surface area contributed by atoms with Gasteiger partial charge in [-0.2, -0.15) is 5.10 Å². The predicted octanol–water partition coefficient (Wildman–Crippen LogP) is 6.94. The van der Waals surface area contributed by atoms with Gasteiger partial charge in [-0.25, -0.2) is 5.43 Å². The maximum Gasteiger partial charge on any atom is 0.307 e. The highest BCUT2D eigenvalue weighted by atomic mass is 79.9. The van der Waals surface area contributed by atoms with Crippen LogP contribution < -0.4 is 10.2 Å². The Morgan fingerprint density at radius 1 is 1.17 bits per heavy atom. The highest BCUT2D eigenvalue weighted by Gasteiger charge is 2.13. The SMILES string of the molecule is C=CCc1cc(/C=N/NC(=O)c2cc3cc(Br)ccc3o2)cc(Br)c1OCc1cccc([N+](=O)[O-])c1. The van der Waals surface area contributed by atoms with Crippen molar-refractivity contribution in [1.82, 2.24) is 5.43 Å². The van der Waals surface area contributed by atoms with E-state index in [1.807, 2.05) is 18.2 Å². The number of carbonyl (C=O) groups is 1. The Hall–Kier alpha value is -3.76. The summed E-state index contributed by atoms with van der Waals surface area (Å²) in [5.74, 6) is 0.274. The molecular weight excluding hydrogens is 594 g/mol. The number of nitrogens with one attached hydrogen (secondary N) is 1. The number of nitro groups is 1. The Balaban J connectivity index is 1.47. The molecule has 0 aliphatic carbocycles. The lowest BCUT2D eigenvalue weighted by Crippen LogP contribution is -2.16. The van der Waals surface area contributed by atoms with Crippen molar-refractivity contribution in [2.75, 3.05) is 0 Å². The molecule has 0 aliphatic rings. The van der Waals surface area contributed by atoms with E-state index in [-0.39, 0.29) is 18.1 Å². The first-order chi connectivity index (χ1) is 17.3. The van der Waals surface area contributed by atoms with E-state index in [0.717, 1.165) is 21.0 Å². The molecule has 182 valence electrons. The van der Waals surface area contributed by atoms with E-state index in [2.05, 4.69) is 49.0 Å². The predicted molar refractivity (Wildman–Crippen MR) is 144 cm³/mol. The molecule has 36 heavy (non-hydrogen) atoms. The molecule has 4 rings (SSSR count). The normalized spacial score (nSPS) is 11.1. The van der Waals surface area contributed by atoms with Crippen molar-refractivity contribution in [2.24, 2.45) is 5.10 Å². The van der Waals surface area contributed by atoms with Gasteiger partial charge in [0.15, 0.2) is 5.76 Å². The van der Waals surface area contributed by atoms with Crippen LogP contribution >= 0.6 is 31.9 Å². The fourth-order valence-corrected chi connectivity index (χ4v) is 4.49. The third-order valence-electron chi connectivity index (χ3n) is 5.09. The smallest absolute Gasteiger partial charge is 0.307 e. The monoisotopic (exact) mass is 611 g/mol. The van der Waals surface area contributed by atoms with Crippen molar-refractivity contribution < 1.29 is 18.9 Å². The topological polar surface area (TPSA) is 107 Å². The van der Waals surface area contributed by atoms with Gasteiger partial charge in [-0.05, 0) is 75.4 Å². The molecule has 1 aromatic heterocycles. The van der Waals surface area contributed by atoms with Gasteiger partial charge in [0, 0.05) is 22.0 Å². The van der Waals surface area contributed by atoms with Crippen LogP contribution in [0.5, 0.6) is 5.75 Å². The number of hydrazone groups is 1. The quantitative estimate of drug-likeness (QED) is 0.0953. The van der Waals surface area contributed by atoms with Crippen LogP contribution in [0.2, 0.25) is 0 Å². The molecule has 8 nitrogen and oxygen atoms in total. The van der Waals surface area contributed by atoms with E-state index in [0.29, 0.717) is 27.8 Å². The van der Waals surface area contributed by atoms with Gasteiger partial charge in [0.05, 0.1) is 15.6 Å². The minimum Gasteiger partial charge on any atom is -0.487 e. The number of halogens is 2. The Morgan fingerprint density at radius 2 is 2.00 bits per heavy atom. The third-order valence-corrected chi connectivity index (χ3v) is 6.18. The van der Waals surface area contributed by atoms with Gasteiger partial charge in [0.25, 0.3) is 5.69 Å². The van der Waals surface area contributed by atoms with Gasteiger partial charge in [-0.15, -0.1) is 6.58 Å². The fourth-order valence-electron chi connectivity index (χ4n) is 3.48. The molecule has 0 fully saturated rings. The number of benzene rings is 3. The highest BCUT2D eigenvalue weighted by molar-refractivity contribution is 9.10. The number of nitrogens with zero attached hydrogens (tertiary/aromatic N) is 2. The number of non-ortho nitro benzene ring substituents is 1. The van der Waals surface area contributed by atoms with E-state index in [4.69, 9.17) is 9.15 Å². The average Bonchev–Trinajstić information content (AvgIpc) is 3.27. The number of hydrogen-bond donors (Lipinski definition) is 1. The summed E-state index contributed by atoms with van der Waals surface area (Å²) in [6.45, 7) is 3.95. The number of fused-ring (bicyclic) bond motifs is 1. The minimum atomic E-state index is -0.471. The van der Waals surface area contributed by atoms with Gasteiger partial charge in [0.1, 0.15) is 17.9 Å². The van der Waals surface area contributed by atoms with Crippen LogP contribution in [0.1, 0.15) is 27.2 Å². The number of furan rings is 1. The Labute approximate surface area is 223 Å². The lowest BCUT2D eigenvalue weighted by molar-refractivity contribution is -0.384. The number of allylic oxidation sites excluding steroid dienone is 1. The van der Waals surface area contributed by atoms with Gasteiger partial charge in [-0.3, -0.25) is 14.9 Å². The molecule has 0 unspecified atom stereocenters. The Bertz CT molecular complexity index is 1500. The lowest BCUT2D eigenvalue weighted by Gasteiger charge is -2.14. The van der Waals surface area contributed by atoms with E-state index in [1.165, 1.54) is 18.3 Å². The molecule has 0 bridgehead atoms. The maximum absolute atomic E-state index is 12.5. The van der Waals surface area contributed by atoms with E-state index < -0.39 is 10.8 Å². The summed E-state index contributed by atoms with van der Waals surface area (Å²) in [5.41, 5.74) is 5.31. The van der Waals surface area contributed by atoms with Gasteiger partial charge in [0.2, 0.25) is 0 Å². The Kier molecular flexibility index (Phi) is 7.97. The molecule has 0 spiro atoms. The van der Waals surface area contributed by atoms with Crippen molar-refractivity contribution >= 4 is 60.6 Å². The molecule has 1 N–H and O–H groups in total. The van der Waals surface area contributed by atoms with E-state index >= 15 is 0 Å². The van der Waals surface area contributed by atoms with Crippen LogP contribution in [-0.4, -0.2) is 17.0 Å². The number of amides is 1. The van der Waals surface area contributed by atoms with Crippen molar-refractivity contribution in [3.8, 4) is 5.75 Å². The van der Waals surface area contributed by atoms with Gasteiger partial charge >= 0.3 is 5.91 Å². The van der Waals surface area contributed by atoms with Crippen LogP contribution in [-0.2, 0) is 13.0 Å². The summed E-state index contributed by atoms with van der Waals surface area (Å²) in [6, 6.07) is 17.1. The van der Waals surface area contributed by atoms with Crippen molar-refractivity contribution in [1.29, 1.82) is 0 Å². The molecule has 1 amide bonds. The maximum atomic E-state index is 12.5. The number of nitro benzene ring substituents is 1. The zero-order valence-electron chi connectivity index (χ0n) is 18.7. The number of ether oxygens (including phenoxy) is 1. The first kappa shape index (κ1) is 25.3. The van der Waals surface area contributed by atoms with Crippen LogP contribution in [0.25, 0.3) is 11.0 Å². The molecule has 4 aromatic rings. The van der Waals surface area contributed by atoms with E-state index in [9.17, 15) is 14.9 Å². The highest BCUT2D eigenvalue weighted by Crippen LogP contribution is 2.32. The fraction of sp³-hybridized carbons (Fsp3) is 0.0769. The average molecular weight is 613 g/mol. The lowest BCUT2D eigenvalue weighted by atomic mass is 10.1. The van der Waals surface area contributed by atoms with E-state index in [1.54, 1.807) is 36.4 Å². The standard InChI is InChI=1S/C26H19Br2N3O5/c1-2-4-18-9-17(11-22(28)25(18)35-15-16-5-3-6-21(10-16)31(33)34)14-29-30-26(32)24-13-19-12-20(27)7-8-23(19)36-24/h2-3,5-14H,1,4,15H2,(H,30,32)/b29-14+. The molecule has 3 aromatic carbocycles. The second kappa shape index (κ2) is 11.3. The van der Waals surface area contributed by atoms with Crippen molar-refractivity contribution in [2.45, 2.75) is 13.0 Å². The third kappa shape index (κ3) is 6.07. The van der Waals surface area contributed by atoms with Crippen LogP contribution in [0.4, 0.5) is 5.69 Å².